The summed E-state index contributed by atoms with van der Waals surface area (Å²) in [5.74, 6) is -1.33. The highest BCUT2D eigenvalue weighted by Gasteiger charge is 2.32. The molecule has 0 N–H and O–H groups in total. The second kappa shape index (κ2) is 83.8. The molecule has 2 rings (SSSR count). The third kappa shape index (κ3) is 234. The van der Waals surface area contributed by atoms with Gasteiger partial charge in [-0.2, -0.15) is 39.5 Å². The highest BCUT2D eigenvalue weighted by molar-refractivity contribution is 4.61. The zero-order chi connectivity index (χ0) is 75.5. The molecule has 0 aromatic rings. The molecule has 79 heavy (non-hydrogen) atoms. The molecule has 0 bridgehead atoms. The van der Waals surface area contributed by atoms with Crippen molar-refractivity contribution in [2.24, 2.45) is 58.6 Å². The summed E-state index contributed by atoms with van der Waals surface area (Å²) in [5, 5.41) is 0. The van der Waals surface area contributed by atoms with Gasteiger partial charge in [-0.05, 0) is 52.7 Å². The van der Waals surface area contributed by atoms with Crippen LogP contribution in [0.15, 0.2) is 0 Å². The molecule has 9 heteroatoms. The first-order valence-electron chi connectivity index (χ1n) is 36.2. The van der Waals surface area contributed by atoms with Crippen LogP contribution in [0, 0.1) is 58.6 Å². The van der Waals surface area contributed by atoms with Gasteiger partial charge in [0, 0.05) is 32.5 Å². The third-order valence-electron chi connectivity index (χ3n) is 9.26. The van der Waals surface area contributed by atoms with Crippen molar-refractivity contribution in [3.8, 4) is 0 Å². The Bertz CT molecular complexity index is 1230. The van der Waals surface area contributed by atoms with Crippen LogP contribution in [0.2, 0.25) is 0 Å². The predicted molar refractivity (Wildman–Crippen MR) is 351 cm³/mol. The van der Waals surface area contributed by atoms with Crippen LogP contribution < -0.4 is 0 Å². The minimum Gasteiger partial charge on any atom is -0.171 e. The van der Waals surface area contributed by atoms with E-state index in [1.54, 1.807) is 48.5 Å². The summed E-state index contributed by atoms with van der Waals surface area (Å²) in [5.41, 5.74) is -0.229. The summed E-state index contributed by atoms with van der Waals surface area (Å²) in [4.78, 5) is 0. The number of hydrogen-bond acceptors (Lipinski definition) is 0. The van der Waals surface area contributed by atoms with Crippen molar-refractivity contribution in [2.45, 2.75) is 401 Å². The Balaban J connectivity index is -0.0000000639. The van der Waals surface area contributed by atoms with E-state index in [1.807, 2.05) is 111 Å². The monoisotopic (exact) mass is 1180 g/mol. The van der Waals surface area contributed by atoms with Gasteiger partial charge in [0.15, 0.2) is 0 Å². The SMILES string of the molecule is CC.CC(C)C.CC(C)C(F)(F)F.CCC.CCC(C)CC(F)(F)F.CCC(C)CC(F)(F)F.CCCC.CCCCC.[2H]C(C)(C)C.[2H]C(C)(C)C.[2H]C([2H])(C)C(C)(C)C.[2H]C([2H])(C)C(C)C.[2H]C([2H])(C)CC.[2H]C1(C)CCCC1.[2H]C1(C)CCCCC1. The Hall–Kier alpha value is -0.630. The van der Waals surface area contributed by atoms with Crippen molar-refractivity contribution < 1.29 is 53.2 Å². The second-order valence-corrected chi connectivity index (χ2v) is 23.5. The summed E-state index contributed by atoms with van der Waals surface area (Å²) >= 11 is 0. The van der Waals surface area contributed by atoms with Gasteiger partial charge in [-0.25, -0.2) is 0 Å². The van der Waals surface area contributed by atoms with E-state index >= 15 is 0 Å². The fourth-order valence-corrected chi connectivity index (χ4v) is 3.57. The average Bonchev–Trinajstić information content (AvgIpc) is 3.71. The molecule has 2 saturated carbocycles. The maximum absolute atomic E-state index is 11.5. The molecule has 2 unspecified atom stereocenters. The first kappa shape index (κ1) is 82.6. The maximum Gasteiger partial charge on any atom is 0.391 e. The van der Waals surface area contributed by atoms with E-state index in [-0.39, 0.29) is 46.7 Å². The molecule has 2 atom stereocenters. The van der Waals surface area contributed by atoms with Crippen molar-refractivity contribution in [1.29, 1.82) is 0 Å². The topological polar surface area (TPSA) is 0 Å². The smallest absolute Gasteiger partial charge is 0.171 e. The fraction of sp³-hybridized carbons (Fsp3) is 1.00. The highest BCUT2D eigenvalue weighted by atomic mass is 19.4. The van der Waals surface area contributed by atoms with Crippen LogP contribution in [0.5, 0.6) is 0 Å². The van der Waals surface area contributed by atoms with Crippen LogP contribution in [0.1, 0.15) is 397 Å². The molecule has 2 aliphatic rings. The molecule has 2 aliphatic carbocycles. The number of alkyl halides is 9. The van der Waals surface area contributed by atoms with Gasteiger partial charge in [-0.3, -0.25) is 0 Å². The normalized spacial score (nSPS) is 16.8. The van der Waals surface area contributed by atoms with Crippen LogP contribution in [-0.2, 0) is 0 Å². The molecule has 0 nitrogen and oxygen atoms in total. The van der Waals surface area contributed by atoms with E-state index < -0.39 is 56.4 Å². The minimum atomic E-state index is -4.00. The van der Waals surface area contributed by atoms with E-state index in [2.05, 4.69) is 62.3 Å². The van der Waals surface area contributed by atoms with Crippen molar-refractivity contribution >= 4 is 0 Å². The van der Waals surface area contributed by atoms with Gasteiger partial charge >= 0.3 is 18.5 Å². The number of hydrogen-bond donors (Lipinski definition) is 0. The highest BCUT2D eigenvalue weighted by Crippen LogP contribution is 2.27. The lowest BCUT2D eigenvalue weighted by atomic mass is 9.91. The van der Waals surface area contributed by atoms with Crippen molar-refractivity contribution in [3.05, 3.63) is 0 Å². The molecule has 2 fully saturated rings. The average molecular weight is 1180 g/mol. The first-order chi connectivity index (χ1) is 39.0. The summed E-state index contributed by atoms with van der Waals surface area (Å²) in [7, 11) is 0. The summed E-state index contributed by atoms with van der Waals surface area (Å²) in [6.45, 7) is 63.8. The second-order valence-electron chi connectivity index (χ2n) is 23.5. The van der Waals surface area contributed by atoms with Gasteiger partial charge in [0.1, 0.15) is 0 Å². The van der Waals surface area contributed by atoms with Gasteiger partial charge in [-0.15, -0.1) is 0 Å². The molecular weight excluding hydrogens is 1010 g/mol. The van der Waals surface area contributed by atoms with E-state index in [1.165, 1.54) is 70.6 Å². The summed E-state index contributed by atoms with van der Waals surface area (Å²) in [6, 6.07) is 0. The molecule has 0 spiro atoms. The molecule has 0 aromatic carbocycles. The summed E-state index contributed by atoms with van der Waals surface area (Å²) in [6.07, 6.45) is 4.43. The van der Waals surface area contributed by atoms with Crippen molar-refractivity contribution in [3.63, 3.8) is 0 Å². The zero-order valence-electron chi connectivity index (χ0n) is 69.9. The lowest BCUT2D eigenvalue weighted by molar-refractivity contribution is -0.164. The van der Waals surface area contributed by atoms with E-state index in [4.69, 9.17) is 13.7 Å². The predicted octanol–water partition coefficient (Wildman–Crippen LogP) is 30.7. The standard InChI is InChI=1S/C7H14.2C6H11F3.C6H12.C6H14.2C5H12.C4H7F3.5C4H10.C3H8.C2H6/c1-7-5-3-2-4-6-7;2*1-3-5(2)4-6(7,8)9;1-6-4-2-3-5-6;1-5-6(2,3)4;1-4-5(2)3;1-3-5-4-2;1-3(2)4(5,6)7;3*1-4(2)3;2*1-3-4-2;1-3-2;1-2/h7H,2-6H2,1H3;2*5H,3-4H2,1-2H3;6H,2-5H2,1H3;5H2,1-4H3;5H,4H2,1-3H3;3-5H2,1-2H3;3H,1-2H3;3*4H,1-3H3;2*3-4H2,1-2H3;3H2,1-2H3;1-2H3/i7D;;;6D;5D2;4D2;;;2*4D;;3D2;;;. The van der Waals surface area contributed by atoms with Crippen LogP contribution in [0.25, 0.3) is 0 Å². The molecule has 500 valence electrons. The Morgan fingerprint density at radius 3 is 0.696 bits per heavy atom. The Labute approximate surface area is 512 Å². The van der Waals surface area contributed by atoms with Gasteiger partial charge in [0.05, 0.1) is 0 Å². The van der Waals surface area contributed by atoms with Crippen molar-refractivity contribution in [1.82, 2.24) is 0 Å². The fourth-order valence-electron chi connectivity index (χ4n) is 3.57. The molecule has 0 saturated heterocycles. The van der Waals surface area contributed by atoms with Gasteiger partial charge in [0.25, 0.3) is 0 Å². The lowest BCUT2D eigenvalue weighted by Crippen LogP contribution is -2.15. The number of halogens is 9. The Kier molecular flexibility index (Phi) is 87.6. The van der Waals surface area contributed by atoms with Gasteiger partial charge in [0.2, 0.25) is 0 Å². The Morgan fingerprint density at radius 2 is 0.646 bits per heavy atom. The van der Waals surface area contributed by atoms with Crippen molar-refractivity contribution in [2.75, 3.05) is 0 Å². The van der Waals surface area contributed by atoms with Crippen LogP contribution in [0.3, 0.4) is 0 Å². The molecule has 0 heterocycles. The number of unbranched alkanes of at least 4 members (excludes halogenated alkanes) is 3. The molecule has 0 aliphatic heterocycles. The molecule has 0 aromatic heterocycles. The maximum atomic E-state index is 11.5. The number of rotatable bonds is 9. The Morgan fingerprint density at radius 1 is 0.456 bits per heavy atom. The van der Waals surface area contributed by atoms with E-state index in [9.17, 15) is 39.5 Å². The van der Waals surface area contributed by atoms with E-state index in [0.29, 0.717) is 19.3 Å². The molecular formula is C70H157F9. The lowest BCUT2D eigenvalue weighted by Gasteiger charge is -2.15. The minimum absolute atomic E-state index is 0.0556. The van der Waals surface area contributed by atoms with Gasteiger partial charge in [-0.1, -0.05) is 370 Å². The molecule has 0 radical (unpaired) electrons. The summed E-state index contributed by atoms with van der Waals surface area (Å²) < 4.78 is 174. The zero-order valence-corrected chi connectivity index (χ0v) is 59.9. The van der Waals surface area contributed by atoms with Crippen LogP contribution in [-0.4, -0.2) is 18.5 Å². The van der Waals surface area contributed by atoms with Crippen LogP contribution >= 0.6 is 0 Å². The molecule has 0 amide bonds. The third-order valence-corrected chi connectivity index (χ3v) is 9.26. The van der Waals surface area contributed by atoms with Crippen LogP contribution in [0.4, 0.5) is 39.5 Å². The van der Waals surface area contributed by atoms with E-state index in [0.717, 1.165) is 45.4 Å². The largest absolute Gasteiger partial charge is 0.391 e. The first-order valence-corrected chi connectivity index (χ1v) is 31.2. The quantitative estimate of drug-likeness (QED) is 0.202. The van der Waals surface area contributed by atoms with Gasteiger partial charge < -0.3 is 0 Å².